The first-order chi connectivity index (χ1) is 16.3. The molecule has 5 aliphatic rings. The number of carboxylic acids is 2. The van der Waals surface area contributed by atoms with Crippen molar-refractivity contribution in [1.82, 2.24) is 4.90 Å². The fourth-order valence-corrected chi connectivity index (χ4v) is 7.91. The van der Waals surface area contributed by atoms with Gasteiger partial charge in [-0.15, -0.1) is 0 Å². The van der Waals surface area contributed by atoms with E-state index in [1.54, 1.807) is 0 Å². The summed E-state index contributed by atoms with van der Waals surface area (Å²) in [5.74, 6) is 0.214. The van der Waals surface area contributed by atoms with Gasteiger partial charge in [0.05, 0.1) is 23.3 Å². The van der Waals surface area contributed by atoms with Gasteiger partial charge in [-0.1, -0.05) is 0 Å². The average Bonchev–Trinajstić information content (AvgIpc) is 3.18. The van der Waals surface area contributed by atoms with Crippen molar-refractivity contribution in [2.75, 3.05) is 20.7 Å². The van der Waals surface area contributed by atoms with Crippen molar-refractivity contribution in [3.05, 3.63) is 35.4 Å². The number of likely N-dealkylation sites (tertiary alicyclic amines) is 1. The van der Waals surface area contributed by atoms with E-state index < -0.39 is 11.9 Å². The Hall–Kier alpha value is -2.29. The molecule has 2 bridgehead atoms. The molecule has 1 aromatic rings. The van der Waals surface area contributed by atoms with Crippen molar-refractivity contribution in [2.24, 2.45) is 23.2 Å². The monoisotopic (exact) mass is 471 g/mol. The number of Topliss-reactive ketones (excluding diaryl/α,β-unsaturated/α-hetero) is 1. The van der Waals surface area contributed by atoms with E-state index in [2.05, 4.69) is 11.9 Å². The molecule has 1 aromatic carbocycles. The molecule has 3 aliphatic carbocycles. The number of ketones is 1. The number of ether oxygens (including phenoxy) is 2. The number of hydrogen-bond donors (Lipinski definition) is 2. The van der Waals surface area contributed by atoms with E-state index in [0.29, 0.717) is 23.7 Å². The van der Waals surface area contributed by atoms with Crippen LogP contribution in [0.2, 0.25) is 0 Å². The number of benzene rings is 1. The van der Waals surface area contributed by atoms with Crippen molar-refractivity contribution >= 4 is 17.7 Å². The predicted molar refractivity (Wildman–Crippen MR) is 122 cm³/mol. The number of aromatic carboxylic acids is 2. The summed E-state index contributed by atoms with van der Waals surface area (Å²) < 4.78 is 12.2. The van der Waals surface area contributed by atoms with Gasteiger partial charge in [0.2, 0.25) is 0 Å². The first kappa shape index (κ1) is 23.5. The van der Waals surface area contributed by atoms with Crippen LogP contribution in [0.5, 0.6) is 0 Å². The molecule has 2 aliphatic heterocycles. The fraction of sp³-hybridized carbons (Fsp3) is 0.654. The van der Waals surface area contributed by atoms with Crippen molar-refractivity contribution in [3.63, 3.8) is 0 Å². The number of piperidine rings is 1. The first-order valence-electron chi connectivity index (χ1n) is 12.3. The molecular formula is C26H33NO7. The van der Waals surface area contributed by atoms with Gasteiger partial charge in [-0.25, -0.2) is 9.59 Å². The molecule has 1 spiro atoms. The van der Waals surface area contributed by atoms with Gasteiger partial charge in [0, 0.05) is 25.0 Å². The summed E-state index contributed by atoms with van der Waals surface area (Å²) in [6, 6.07) is 5.70. The van der Waals surface area contributed by atoms with Crippen LogP contribution in [0.4, 0.5) is 0 Å². The number of hydrogen-bond acceptors (Lipinski definition) is 6. The standard InChI is InChI=1S/C18H27NO3.C8H6O4/c1-19-8-7-18-11-4-5-13(20)17(18)22-16-14(21-2)6-3-10(15(16)18)9-12(11)19;9-7(10)5-1-2-6(4-3-5)8(11)12/h10-12,14-17H,3-9H2,1-2H3;1-4H,(H,9,10)(H,11,12)/t10?,11?,12-,14?,15?,16?,17+,18+;/m1./s1. The van der Waals surface area contributed by atoms with E-state index >= 15 is 0 Å². The van der Waals surface area contributed by atoms with Crippen molar-refractivity contribution in [3.8, 4) is 0 Å². The molecule has 8 nitrogen and oxygen atoms in total. The lowest BCUT2D eigenvalue weighted by molar-refractivity contribution is -0.162. The van der Waals surface area contributed by atoms with E-state index in [0.717, 1.165) is 38.1 Å². The first-order valence-corrected chi connectivity index (χ1v) is 12.3. The Morgan fingerprint density at radius 1 is 1.09 bits per heavy atom. The summed E-state index contributed by atoms with van der Waals surface area (Å²) in [6.07, 6.45) is 6.86. The van der Waals surface area contributed by atoms with Gasteiger partial charge in [0.25, 0.3) is 0 Å². The van der Waals surface area contributed by atoms with Crippen LogP contribution in [0.25, 0.3) is 0 Å². The fourth-order valence-electron chi connectivity index (χ4n) is 7.91. The molecule has 0 radical (unpaired) electrons. The summed E-state index contributed by atoms with van der Waals surface area (Å²) >= 11 is 0. The van der Waals surface area contributed by atoms with Crippen LogP contribution in [0.15, 0.2) is 24.3 Å². The van der Waals surface area contributed by atoms with Crippen molar-refractivity contribution < 1.29 is 34.1 Å². The summed E-state index contributed by atoms with van der Waals surface area (Å²) in [5, 5.41) is 16.9. The van der Waals surface area contributed by atoms with Crippen molar-refractivity contribution in [2.45, 2.75) is 62.9 Å². The van der Waals surface area contributed by atoms with Gasteiger partial charge in [0.1, 0.15) is 6.10 Å². The van der Waals surface area contributed by atoms with Crippen LogP contribution in [-0.4, -0.2) is 77.9 Å². The van der Waals surface area contributed by atoms with E-state index in [-0.39, 0.29) is 34.9 Å². The highest BCUT2D eigenvalue weighted by Crippen LogP contribution is 2.67. The number of nitrogens with zero attached hydrogens (tertiary/aromatic N) is 1. The van der Waals surface area contributed by atoms with E-state index in [1.807, 2.05) is 7.11 Å². The summed E-state index contributed by atoms with van der Waals surface area (Å²) in [5.41, 5.74) is 0.303. The smallest absolute Gasteiger partial charge is 0.335 e. The number of methoxy groups -OCH3 is 1. The second-order valence-corrected chi connectivity index (χ2v) is 10.6. The van der Waals surface area contributed by atoms with Crippen LogP contribution in [0.1, 0.15) is 59.2 Å². The maximum absolute atomic E-state index is 12.7. The highest BCUT2D eigenvalue weighted by atomic mass is 16.6. The van der Waals surface area contributed by atoms with Gasteiger partial charge < -0.3 is 24.6 Å². The molecular weight excluding hydrogens is 438 g/mol. The topological polar surface area (TPSA) is 113 Å². The molecule has 6 rings (SSSR count). The third-order valence-corrected chi connectivity index (χ3v) is 9.29. The van der Waals surface area contributed by atoms with Crippen LogP contribution in [-0.2, 0) is 14.3 Å². The minimum absolute atomic E-state index is 0.0833. The molecule has 2 saturated heterocycles. The zero-order valence-corrected chi connectivity index (χ0v) is 19.7. The van der Waals surface area contributed by atoms with E-state index in [1.165, 1.54) is 37.1 Å². The summed E-state index contributed by atoms with van der Waals surface area (Å²) in [4.78, 5) is 35.9. The SMILES string of the molecule is COC1CCC2C[C@@H]3C4CCC(=O)[C@@H]5OC1C2[C@]45CCN3C.O=C(O)c1ccc(C(=O)O)cc1. The molecule has 5 unspecified atom stereocenters. The second kappa shape index (κ2) is 8.73. The maximum Gasteiger partial charge on any atom is 0.335 e. The Morgan fingerprint density at radius 2 is 1.74 bits per heavy atom. The third-order valence-electron chi connectivity index (χ3n) is 9.29. The lowest BCUT2D eigenvalue weighted by atomic mass is 9.45. The number of carbonyl (C=O) groups is 3. The zero-order valence-electron chi connectivity index (χ0n) is 19.7. The average molecular weight is 472 g/mol. The predicted octanol–water partition coefficient (Wildman–Crippen LogP) is 2.95. The minimum atomic E-state index is -1.06. The Balaban J connectivity index is 0.000000172. The Morgan fingerprint density at radius 3 is 2.32 bits per heavy atom. The summed E-state index contributed by atoms with van der Waals surface area (Å²) in [6.45, 7) is 1.13. The quantitative estimate of drug-likeness (QED) is 0.692. The molecule has 3 saturated carbocycles. The number of rotatable bonds is 3. The van der Waals surface area contributed by atoms with Gasteiger partial charge in [-0.3, -0.25) is 4.79 Å². The molecule has 34 heavy (non-hydrogen) atoms. The minimum Gasteiger partial charge on any atom is -0.478 e. The maximum atomic E-state index is 12.7. The lowest BCUT2D eigenvalue weighted by Crippen LogP contribution is -2.67. The Labute approximate surface area is 199 Å². The number of carbonyl (C=O) groups excluding carboxylic acids is 1. The molecule has 184 valence electrons. The van der Waals surface area contributed by atoms with Gasteiger partial charge in [-0.05, 0) is 87.7 Å². The van der Waals surface area contributed by atoms with Crippen molar-refractivity contribution in [1.29, 1.82) is 0 Å². The molecule has 0 amide bonds. The van der Waals surface area contributed by atoms with Crippen LogP contribution < -0.4 is 0 Å². The highest BCUT2D eigenvalue weighted by molar-refractivity contribution is 5.91. The second-order valence-electron chi connectivity index (χ2n) is 10.6. The molecule has 8 atom stereocenters. The Kier molecular flexibility index (Phi) is 6.02. The van der Waals surface area contributed by atoms with Gasteiger partial charge in [-0.2, -0.15) is 0 Å². The zero-order chi connectivity index (χ0) is 24.2. The van der Waals surface area contributed by atoms with E-state index in [9.17, 15) is 14.4 Å². The van der Waals surface area contributed by atoms with Gasteiger partial charge in [0.15, 0.2) is 5.78 Å². The van der Waals surface area contributed by atoms with Crippen LogP contribution in [0.3, 0.4) is 0 Å². The highest BCUT2D eigenvalue weighted by Gasteiger charge is 2.71. The molecule has 2 N–H and O–H groups in total. The number of carboxylic acid groups (broad SMARTS) is 2. The lowest BCUT2D eigenvalue weighted by Gasteiger charge is -2.62. The normalized spacial score (nSPS) is 40.1. The van der Waals surface area contributed by atoms with E-state index in [4.69, 9.17) is 19.7 Å². The van der Waals surface area contributed by atoms with Crippen LogP contribution in [0, 0.1) is 23.2 Å². The molecule has 2 heterocycles. The summed E-state index contributed by atoms with van der Waals surface area (Å²) in [7, 11) is 4.10. The molecule has 0 aromatic heterocycles. The van der Waals surface area contributed by atoms with Crippen LogP contribution >= 0.6 is 0 Å². The van der Waals surface area contributed by atoms with Gasteiger partial charge >= 0.3 is 11.9 Å². The third kappa shape index (κ3) is 3.49. The molecule has 8 heteroatoms. The molecule has 5 fully saturated rings. The largest absolute Gasteiger partial charge is 0.478 e. The Bertz CT molecular complexity index is 945.